The molecule has 1 aromatic carbocycles. The number of aromatic nitrogens is 3. The summed E-state index contributed by atoms with van der Waals surface area (Å²) in [6.45, 7) is 1.49. The van der Waals surface area contributed by atoms with Crippen LogP contribution in [0.25, 0.3) is 11.4 Å². The molecule has 0 radical (unpaired) electrons. The number of rotatable bonds is 6. The van der Waals surface area contributed by atoms with Gasteiger partial charge in [0.05, 0.1) is 16.9 Å². The number of nitrogens with one attached hydrogen (secondary N) is 1. The molecular formula is C22H22F3N5O2. The van der Waals surface area contributed by atoms with Crippen molar-refractivity contribution >= 4 is 17.3 Å². The van der Waals surface area contributed by atoms with Crippen molar-refractivity contribution in [2.75, 3.05) is 23.3 Å². The molecule has 0 unspecified atom stereocenters. The maximum absolute atomic E-state index is 13.2. The van der Waals surface area contributed by atoms with Crippen LogP contribution in [0.15, 0.2) is 47.2 Å². The van der Waals surface area contributed by atoms with Crippen LogP contribution in [0.5, 0.6) is 0 Å². The zero-order chi connectivity index (χ0) is 22.6. The van der Waals surface area contributed by atoms with Crippen LogP contribution in [-0.4, -0.2) is 34.1 Å². The summed E-state index contributed by atoms with van der Waals surface area (Å²) in [5.74, 6) is 0.228. The van der Waals surface area contributed by atoms with Crippen LogP contribution in [0, 0.1) is 0 Å². The van der Waals surface area contributed by atoms with E-state index < -0.39 is 17.6 Å². The minimum absolute atomic E-state index is 0.00629. The van der Waals surface area contributed by atoms with Crippen LogP contribution in [0.2, 0.25) is 0 Å². The van der Waals surface area contributed by atoms with E-state index in [0.29, 0.717) is 11.5 Å². The van der Waals surface area contributed by atoms with Crippen molar-refractivity contribution < 1.29 is 22.5 Å². The van der Waals surface area contributed by atoms with E-state index in [1.54, 1.807) is 24.5 Å². The molecule has 1 aliphatic rings. The summed E-state index contributed by atoms with van der Waals surface area (Å²) < 4.78 is 44.9. The summed E-state index contributed by atoms with van der Waals surface area (Å²) in [4.78, 5) is 22.7. The topological polar surface area (TPSA) is 84.1 Å². The molecule has 1 amide bonds. The van der Waals surface area contributed by atoms with Gasteiger partial charge in [0.25, 0.3) is 0 Å². The fraction of sp³-hybridized carbons (Fsp3) is 0.364. The molecule has 32 heavy (non-hydrogen) atoms. The van der Waals surface area contributed by atoms with E-state index >= 15 is 0 Å². The van der Waals surface area contributed by atoms with Gasteiger partial charge in [-0.05, 0) is 49.6 Å². The lowest BCUT2D eigenvalue weighted by Crippen LogP contribution is -2.30. The Balaban J connectivity index is 1.45. The molecule has 7 nitrogen and oxygen atoms in total. The predicted octanol–water partition coefficient (Wildman–Crippen LogP) is 4.71. The van der Waals surface area contributed by atoms with E-state index in [1.165, 1.54) is 6.07 Å². The Morgan fingerprint density at radius 1 is 1.09 bits per heavy atom. The van der Waals surface area contributed by atoms with E-state index in [-0.39, 0.29) is 24.4 Å². The zero-order valence-corrected chi connectivity index (χ0v) is 17.2. The third-order valence-corrected chi connectivity index (χ3v) is 5.27. The number of benzene rings is 1. The predicted molar refractivity (Wildman–Crippen MR) is 112 cm³/mol. The molecule has 1 N–H and O–H groups in total. The van der Waals surface area contributed by atoms with Gasteiger partial charge in [0.1, 0.15) is 0 Å². The molecule has 0 aliphatic carbocycles. The second kappa shape index (κ2) is 9.37. The summed E-state index contributed by atoms with van der Waals surface area (Å²) >= 11 is 0. The second-order valence-corrected chi connectivity index (χ2v) is 7.57. The fourth-order valence-electron chi connectivity index (χ4n) is 3.63. The fourth-order valence-corrected chi connectivity index (χ4v) is 3.63. The number of nitrogens with zero attached hydrogens (tertiary/aromatic N) is 4. The molecule has 0 bridgehead atoms. The van der Waals surface area contributed by atoms with Gasteiger partial charge in [0.15, 0.2) is 0 Å². The molecule has 1 aliphatic heterocycles. The smallest absolute Gasteiger partial charge is 0.370 e. The first-order valence-electron chi connectivity index (χ1n) is 10.4. The number of alkyl halides is 3. The Hall–Kier alpha value is -3.43. The molecule has 10 heteroatoms. The number of carbonyl (C=O) groups is 1. The Morgan fingerprint density at radius 2 is 1.84 bits per heavy atom. The highest BCUT2D eigenvalue weighted by Gasteiger charge is 2.32. The number of amides is 1. The minimum atomic E-state index is -4.49. The first-order valence-corrected chi connectivity index (χ1v) is 10.4. The van der Waals surface area contributed by atoms with Crippen molar-refractivity contribution in [2.45, 2.75) is 38.3 Å². The first kappa shape index (κ1) is 21.8. The van der Waals surface area contributed by atoms with E-state index in [0.717, 1.165) is 50.0 Å². The monoisotopic (exact) mass is 445 g/mol. The van der Waals surface area contributed by atoms with Gasteiger partial charge >= 0.3 is 6.18 Å². The van der Waals surface area contributed by atoms with Gasteiger partial charge in [-0.2, -0.15) is 18.2 Å². The molecule has 3 heterocycles. The van der Waals surface area contributed by atoms with Crippen molar-refractivity contribution in [3.63, 3.8) is 0 Å². The summed E-state index contributed by atoms with van der Waals surface area (Å²) in [5.41, 5.74) is 0.695. The van der Waals surface area contributed by atoms with E-state index in [2.05, 4.69) is 20.4 Å². The zero-order valence-electron chi connectivity index (χ0n) is 17.2. The molecule has 1 fully saturated rings. The van der Waals surface area contributed by atoms with Gasteiger partial charge in [0.2, 0.25) is 17.6 Å². The third kappa shape index (κ3) is 5.24. The van der Waals surface area contributed by atoms with E-state index in [9.17, 15) is 18.0 Å². The number of halogens is 3. The van der Waals surface area contributed by atoms with Crippen LogP contribution in [0.3, 0.4) is 0 Å². The number of hydrogen-bond acceptors (Lipinski definition) is 6. The van der Waals surface area contributed by atoms with E-state index in [4.69, 9.17) is 4.52 Å². The average molecular weight is 445 g/mol. The lowest BCUT2D eigenvalue weighted by molar-refractivity contribution is -0.137. The number of anilines is 2. The summed E-state index contributed by atoms with van der Waals surface area (Å²) in [7, 11) is 0. The largest absolute Gasteiger partial charge is 0.416 e. The van der Waals surface area contributed by atoms with Crippen molar-refractivity contribution in [3.05, 3.63) is 54.2 Å². The van der Waals surface area contributed by atoms with Gasteiger partial charge in [-0.1, -0.05) is 5.16 Å². The van der Waals surface area contributed by atoms with Crippen molar-refractivity contribution in [3.8, 4) is 11.4 Å². The number of pyridine rings is 1. The Morgan fingerprint density at radius 3 is 2.56 bits per heavy atom. The standard InChI is InChI=1S/C22H22F3N5O2/c23-22(24,25)16-4-5-18(30-12-2-1-3-13-30)17(14-16)27-19(31)6-7-20-28-21(29-32-20)15-8-10-26-11-9-15/h4-5,8-11,14H,1-3,6-7,12-13H2,(H,27,31). The highest BCUT2D eigenvalue weighted by molar-refractivity contribution is 5.94. The van der Waals surface area contributed by atoms with Crippen molar-refractivity contribution in [2.24, 2.45) is 0 Å². The van der Waals surface area contributed by atoms with Gasteiger partial charge in [-0.3, -0.25) is 9.78 Å². The molecule has 168 valence electrons. The van der Waals surface area contributed by atoms with E-state index in [1.807, 2.05) is 4.90 Å². The maximum atomic E-state index is 13.2. The van der Waals surface area contributed by atoms with Crippen LogP contribution in [0.4, 0.5) is 24.5 Å². The molecule has 3 aromatic rings. The quantitative estimate of drug-likeness (QED) is 0.592. The van der Waals surface area contributed by atoms with Crippen LogP contribution < -0.4 is 10.2 Å². The van der Waals surface area contributed by atoms with Gasteiger partial charge < -0.3 is 14.7 Å². The Labute approximate surface area is 182 Å². The lowest BCUT2D eigenvalue weighted by atomic mass is 10.1. The van der Waals surface area contributed by atoms with Crippen LogP contribution in [-0.2, 0) is 17.4 Å². The Bertz CT molecular complexity index is 1060. The van der Waals surface area contributed by atoms with Gasteiger partial charge in [-0.25, -0.2) is 0 Å². The molecule has 0 atom stereocenters. The molecule has 1 saturated heterocycles. The van der Waals surface area contributed by atoms with Gasteiger partial charge in [-0.15, -0.1) is 0 Å². The molecular weight excluding hydrogens is 423 g/mol. The molecule has 0 spiro atoms. The minimum Gasteiger partial charge on any atom is -0.370 e. The number of carbonyl (C=O) groups excluding carboxylic acids is 1. The second-order valence-electron chi connectivity index (χ2n) is 7.57. The number of aryl methyl sites for hydroxylation is 1. The highest BCUT2D eigenvalue weighted by atomic mass is 19.4. The highest BCUT2D eigenvalue weighted by Crippen LogP contribution is 2.36. The van der Waals surface area contributed by atoms with Crippen LogP contribution >= 0.6 is 0 Å². The number of piperidine rings is 1. The third-order valence-electron chi connectivity index (χ3n) is 5.27. The molecule has 2 aromatic heterocycles. The van der Waals surface area contributed by atoms with Crippen LogP contribution in [0.1, 0.15) is 37.1 Å². The average Bonchev–Trinajstić information content (AvgIpc) is 3.27. The normalized spacial score (nSPS) is 14.4. The van der Waals surface area contributed by atoms with Gasteiger partial charge in [0, 0.05) is 43.9 Å². The number of hydrogen-bond donors (Lipinski definition) is 1. The van der Waals surface area contributed by atoms with Crippen molar-refractivity contribution in [1.29, 1.82) is 0 Å². The Kier molecular flexibility index (Phi) is 6.38. The lowest BCUT2D eigenvalue weighted by Gasteiger charge is -2.31. The first-order chi connectivity index (χ1) is 15.4. The molecule has 4 rings (SSSR count). The summed E-state index contributed by atoms with van der Waals surface area (Å²) in [6, 6.07) is 6.95. The summed E-state index contributed by atoms with van der Waals surface area (Å²) in [6.07, 6.45) is 1.89. The molecule has 0 saturated carbocycles. The maximum Gasteiger partial charge on any atom is 0.416 e. The summed E-state index contributed by atoms with van der Waals surface area (Å²) in [5, 5.41) is 6.54. The van der Waals surface area contributed by atoms with Crippen molar-refractivity contribution in [1.82, 2.24) is 15.1 Å². The SMILES string of the molecule is O=C(CCc1nc(-c2ccncc2)no1)Nc1cc(C(F)(F)F)ccc1N1CCCCC1.